The lowest BCUT2D eigenvalue weighted by atomic mass is 10.1. The monoisotopic (exact) mass is 247 g/mol. The molecule has 0 aliphatic rings. The minimum atomic E-state index is 1.07. The molecule has 0 unspecified atom stereocenters. The fourth-order valence-corrected chi connectivity index (χ4v) is 1.71. The van der Waals surface area contributed by atoms with Gasteiger partial charge in [0.15, 0.2) is 0 Å². The molecule has 1 aromatic heterocycles. The molecule has 1 nitrogen and oxygen atoms in total. The highest BCUT2D eigenvalue weighted by Crippen LogP contribution is 2.17. The molecular formula is C18H17N. The van der Waals surface area contributed by atoms with Crippen LogP contribution in [0.15, 0.2) is 85.1 Å². The second-order valence-electron chi connectivity index (χ2n) is 4.20. The van der Waals surface area contributed by atoms with Gasteiger partial charge >= 0.3 is 0 Å². The number of nitrogens with zero attached hydrogens (tertiary/aromatic N) is 1. The Morgan fingerprint density at radius 1 is 0.579 bits per heavy atom. The second-order valence-corrected chi connectivity index (χ2v) is 4.20. The van der Waals surface area contributed by atoms with Crippen molar-refractivity contribution in [3.8, 4) is 11.1 Å². The Balaban J connectivity index is 0.000000163. The summed E-state index contributed by atoms with van der Waals surface area (Å²) in [5.41, 5.74) is 3.62. The Hall–Kier alpha value is -2.41. The van der Waals surface area contributed by atoms with Crippen molar-refractivity contribution in [2.45, 2.75) is 6.92 Å². The third kappa shape index (κ3) is 4.40. The average Bonchev–Trinajstić information content (AvgIpc) is 2.51. The van der Waals surface area contributed by atoms with E-state index in [-0.39, 0.29) is 0 Å². The Morgan fingerprint density at radius 3 is 1.37 bits per heavy atom. The number of aromatic nitrogens is 1. The highest BCUT2D eigenvalue weighted by Gasteiger charge is 1.91. The van der Waals surface area contributed by atoms with Crippen LogP contribution in [0.4, 0.5) is 0 Å². The van der Waals surface area contributed by atoms with E-state index in [9.17, 15) is 0 Å². The molecule has 1 heteroatoms. The minimum Gasteiger partial charge on any atom is -0.262 e. The number of aryl methyl sites for hydroxylation is 1. The van der Waals surface area contributed by atoms with E-state index in [4.69, 9.17) is 0 Å². The Morgan fingerprint density at radius 2 is 1.05 bits per heavy atom. The van der Waals surface area contributed by atoms with E-state index in [2.05, 4.69) is 53.5 Å². The van der Waals surface area contributed by atoms with Crippen molar-refractivity contribution >= 4 is 0 Å². The summed E-state index contributed by atoms with van der Waals surface area (Å²) in [7, 11) is 0. The van der Waals surface area contributed by atoms with Gasteiger partial charge in [-0.25, -0.2) is 0 Å². The lowest BCUT2D eigenvalue weighted by molar-refractivity contribution is 1.20. The van der Waals surface area contributed by atoms with Gasteiger partial charge in [0, 0.05) is 11.9 Å². The van der Waals surface area contributed by atoms with Gasteiger partial charge in [-0.15, -0.1) is 0 Å². The van der Waals surface area contributed by atoms with Gasteiger partial charge in [-0.2, -0.15) is 0 Å². The molecule has 94 valence electrons. The van der Waals surface area contributed by atoms with Gasteiger partial charge in [-0.05, 0) is 30.2 Å². The van der Waals surface area contributed by atoms with Crippen LogP contribution >= 0.6 is 0 Å². The fourth-order valence-electron chi connectivity index (χ4n) is 1.71. The standard InChI is InChI=1S/C12H10.C6H7N/c1-3-7-11(8-4-1)12-9-5-2-6-10-12;1-6-4-2-3-5-7-6/h1-10H;2-5H,1H3. The van der Waals surface area contributed by atoms with Crippen LogP contribution in [-0.4, -0.2) is 4.98 Å². The van der Waals surface area contributed by atoms with Crippen LogP contribution in [0.3, 0.4) is 0 Å². The first kappa shape index (κ1) is 13.0. The van der Waals surface area contributed by atoms with Crippen LogP contribution in [0.25, 0.3) is 11.1 Å². The summed E-state index contributed by atoms with van der Waals surface area (Å²) in [6.45, 7) is 1.97. The lowest BCUT2D eigenvalue weighted by Crippen LogP contribution is -1.73. The van der Waals surface area contributed by atoms with Gasteiger partial charge in [0.2, 0.25) is 0 Å². The molecule has 1 heterocycles. The van der Waals surface area contributed by atoms with Crippen molar-refractivity contribution in [3.63, 3.8) is 0 Å². The summed E-state index contributed by atoms with van der Waals surface area (Å²) in [5, 5.41) is 0. The molecule has 0 atom stereocenters. The molecule has 3 rings (SSSR count). The SMILES string of the molecule is Cc1ccccn1.c1ccc(-c2ccccc2)cc1. The Bertz CT molecular complexity index is 536. The molecule has 0 spiro atoms. The zero-order valence-electron chi connectivity index (χ0n) is 11.0. The van der Waals surface area contributed by atoms with Crippen molar-refractivity contribution in [3.05, 3.63) is 90.8 Å². The summed E-state index contributed by atoms with van der Waals surface area (Å²) < 4.78 is 0. The van der Waals surface area contributed by atoms with E-state index in [1.807, 2.05) is 37.3 Å². The van der Waals surface area contributed by atoms with Crippen LogP contribution in [0, 0.1) is 6.92 Å². The van der Waals surface area contributed by atoms with Crippen molar-refractivity contribution in [1.82, 2.24) is 4.98 Å². The summed E-state index contributed by atoms with van der Waals surface area (Å²) in [6.07, 6.45) is 1.79. The highest BCUT2D eigenvalue weighted by atomic mass is 14.6. The molecule has 0 radical (unpaired) electrons. The molecule has 2 aromatic carbocycles. The smallest absolute Gasteiger partial charge is 0.0372 e. The molecular weight excluding hydrogens is 230 g/mol. The van der Waals surface area contributed by atoms with Crippen molar-refractivity contribution in [2.24, 2.45) is 0 Å². The van der Waals surface area contributed by atoms with Crippen LogP contribution in [0.2, 0.25) is 0 Å². The first-order chi connectivity index (χ1) is 9.36. The maximum absolute atomic E-state index is 3.98. The maximum Gasteiger partial charge on any atom is 0.0372 e. The number of pyridine rings is 1. The van der Waals surface area contributed by atoms with Gasteiger partial charge in [-0.3, -0.25) is 4.98 Å². The van der Waals surface area contributed by atoms with E-state index in [1.165, 1.54) is 11.1 Å². The molecule has 0 saturated heterocycles. The quantitative estimate of drug-likeness (QED) is 0.605. The zero-order chi connectivity index (χ0) is 13.3. The van der Waals surface area contributed by atoms with E-state index >= 15 is 0 Å². The van der Waals surface area contributed by atoms with E-state index < -0.39 is 0 Å². The molecule has 0 N–H and O–H groups in total. The molecule has 0 aliphatic heterocycles. The lowest BCUT2D eigenvalue weighted by Gasteiger charge is -1.98. The largest absolute Gasteiger partial charge is 0.262 e. The first-order valence-corrected chi connectivity index (χ1v) is 6.34. The predicted molar refractivity (Wildman–Crippen MR) is 80.9 cm³/mol. The molecule has 0 aliphatic carbocycles. The molecule has 0 fully saturated rings. The molecule has 0 bridgehead atoms. The van der Waals surface area contributed by atoms with Crippen LogP contribution < -0.4 is 0 Å². The maximum atomic E-state index is 3.98. The van der Waals surface area contributed by atoms with E-state index in [0.717, 1.165) is 5.69 Å². The molecule has 0 amide bonds. The number of hydrogen-bond acceptors (Lipinski definition) is 1. The summed E-state index contributed by atoms with van der Waals surface area (Å²) in [6, 6.07) is 26.6. The van der Waals surface area contributed by atoms with Crippen molar-refractivity contribution < 1.29 is 0 Å². The highest BCUT2D eigenvalue weighted by molar-refractivity contribution is 5.62. The van der Waals surface area contributed by atoms with Crippen LogP contribution in [-0.2, 0) is 0 Å². The summed E-state index contributed by atoms with van der Waals surface area (Å²) in [5.74, 6) is 0. The summed E-state index contributed by atoms with van der Waals surface area (Å²) in [4.78, 5) is 3.98. The molecule has 0 saturated carbocycles. The topological polar surface area (TPSA) is 12.9 Å². The summed E-state index contributed by atoms with van der Waals surface area (Å²) >= 11 is 0. The van der Waals surface area contributed by atoms with E-state index in [0.29, 0.717) is 0 Å². The zero-order valence-corrected chi connectivity index (χ0v) is 11.0. The molecule has 3 aromatic rings. The van der Waals surface area contributed by atoms with Crippen molar-refractivity contribution in [1.29, 1.82) is 0 Å². The van der Waals surface area contributed by atoms with Gasteiger partial charge in [-0.1, -0.05) is 66.7 Å². The number of rotatable bonds is 1. The van der Waals surface area contributed by atoms with Crippen LogP contribution in [0.5, 0.6) is 0 Å². The number of hydrogen-bond donors (Lipinski definition) is 0. The minimum absolute atomic E-state index is 1.07. The Labute approximate surface area is 114 Å². The van der Waals surface area contributed by atoms with Crippen LogP contribution in [0.1, 0.15) is 5.69 Å². The third-order valence-corrected chi connectivity index (χ3v) is 2.69. The van der Waals surface area contributed by atoms with Crippen molar-refractivity contribution in [2.75, 3.05) is 0 Å². The second kappa shape index (κ2) is 7.12. The first-order valence-electron chi connectivity index (χ1n) is 6.34. The molecule has 19 heavy (non-hydrogen) atoms. The van der Waals surface area contributed by atoms with E-state index in [1.54, 1.807) is 6.20 Å². The van der Waals surface area contributed by atoms with Gasteiger partial charge in [0.05, 0.1) is 0 Å². The Kier molecular flexibility index (Phi) is 4.88. The average molecular weight is 247 g/mol. The predicted octanol–water partition coefficient (Wildman–Crippen LogP) is 4.74. The third-order valence-electron chi connectivity index (χ3n) is 2.69. The van der Waals surface area contributed by atoms with Gasteiger partial charge in [0.25, 0.3) is 0 Å². The normalized spacial score (nSPS) is 9.32. The van der Waals surface area contributed by atoms with Gasteiger partial charge < -0.3 is 0 Å². The van der Waals surface area contributed by atoms with Gasteiger partial charge in [0.1, 0.15) is 0 Å². The fraction of sp³-hybridized carbons (Fsp3) is 0.0556. The number of benzene rings is 2.